The number of nitrogens with zero attached hydrogens (tertiary/aromatic N) is 3. The molecule has 0 unspecified atom stereocenters. The van der Waals surface area contributed by atoms with Gasteiger partial charge in [0.1, 0.15) is 0 Å². The number of pyridine rings is 1. The van der Waals surface area contributed by atoms with Crippen molar-refractivity contribution < 1.29 is 4.92 Å². The van der Waals surface area contributed by atoms with E-state index in [-0.39, 0.29) is 34.6 Å². The van der Waals surface area contributed by atoms with Gasteiger partial charge in [0.2, 0.25) is 5.82 Å². The number of nitrogens with two attached hydrogens (primary N) is 1. The molecule has 126 valence electrons. The maximum absolute atomic E-state index is 11.0. The molecule has 1 aromatic heterocycles. The van der Waals surface area contributed by atoms with E-state index in [1.165, 1.54) is 18.3 Å². The summed E-state index contributed by atoms with van der Waals surface area (Å²) in [6.07, 6.45) is 3.14. The maximum Gasteiger partial charge on any atom is 0.311 e. The lowest BCUT2D eigenvalue weighted by Crippen LogP contribution is -2.59. The average Bonchev–Trinajstić information content (AvgIpc) is 2.34. The normalized spacial score (nSPS) is 21.0. The molecule has 0 bridgehead atoms. The number of rotatable bonds is 3. The highest BCUT2D eigenvalue weighted by Crippen LogP contribution is 2.30. The summed E-state index contributed by atoms with van der Waals surface area (Å²) in [5.41, 5.74) is 5.71. The van der Waals surface area contributed by atoms with Crippen LogP contribution in [-0.2, 0) is 0 Å². The van der Waals surface area contributed by atoms with Crippen molar-refractivity contribution in [3.05, 3.63) is 28.4 Å². The Kier molecular flexibility index (Phi) is 4.56. The van der Waals surface area contributed by atoms with Gasteiger partial charge in [-0.25, -0.2) is 9.98 Å². The van der Waals surface area contributed by atoms with Crippen LogP contribution in [0, 0.1) is 10.1 Å². The largest absolute Gasteiger partial charge is 0.370 e. The molecule has 0 aliphatic carbocycles. The number of aromatic nitrogens is 1. The van der Waals surface area contributed by atoms with E-state index in [9.17, 15) is 10.1 Å². The Labute approximate surface area is 135 Å². The fourth-order valence-electron chi connectivity index (χ4n) is 3.35. The van der Waals surface area contributed by atoms with Gasteiger partial charge in [0.05, 0.1) is 11.0 Å². The summed E-state index contributed by atoms with van der Waals surface area (Å²) in [5.74, 6) is 0.247. The fraction of sp³-hybridized carbons (Fsp3) is 0.600. The first-order chi connectivity index (χ1) is 10.6. The first kappa shape index (κ1) is 17.1. The Morgan fingerprint density at radius 1 is 1.43 bits per heavy atom. The number of guanidine groups is 1. The summed E-state index contributed by atoms with van der Waals surface area (Å²) in [4.78, 5) is 19.0. The number of piperidine rings is 1. The van der Waals surface area contributed by atoms with Crippen molar-refractivity contribution in [1.29, 1.82) is 0 Å². The summed E-state index contributed by atoms with van der Waals surface area (Å²) < 4.78 is 0. The van der Waals surface area contributed by atoms with Crippen LogP contribution in [-0.4, -0.2) is 33.0 Å². The third kappa shape index (κ3) is 4.62. The monoisotopic (exact) mass is 320 g/mol. The van der Waals surface area contributed by atoms with E-state index >= 15 is 0 Å². The molecule has 0 radical (unpaired) electrons. The van der Waals surface area contributed by atoms with Crippen LogP contribution < -0.4 is 16.4 Å². The van der Waals surface area contributed by atoms with Gasteiger partial charge in [-0.1, -0.05) is 0 Å². The first-order valence-corrected chi connectivity index (χ1v) is 7.57. The molecule has 0 spiro atoms. The third-order valence-corrected chi connectivity index (χ3v) is 3.72. The Morgan fingerprint density at radius 2 is 2.04 bits per heavy atom. The predicted octanol–water partition coefficient (Wildman–Crippen LogP) is 2.03. The summed E-state index contributed by atoms with van der Waals surface area (Å²) >= 11 is 0. The molecule has 4 N–H and O–H groups in total. The molecule has 2 heterocycles. The van der Waals surface area contributed by atoms with E-state index < -0.39 is 4.92 Å². The molecule has 1 aliphatic heterocycles. The van der Waals surface area contributed by atoms with E-state index in [1.807, 2.05) is 0 Å². The Hall–Kier alpha value is -2.22. The molecule has 1 saturated heterocycles. The molecule has 1 fully saturated rings. The third-order valence-electron chi connectivity index (χ3n) is 3.72. The topological polar surface area (TPSA) is 118 Å². The summed E-state index contributed by atoms with van der Waals surface area (Å²) in [5, 5.41) is 17.3. The van der Waals surface area contributed by atoms with Crippen molar-refractivity contribution >= 4 is 17.5 Å². The Bertz CT molecular complexity index is 610. The van der Waals surface area contributed by atoms with Crippen molar-refractivity contribution in [2.24, 2.45) is 10.7 Å². The predicted molar refractivity (Wildman–Crippen MR) is 90.5 cm³/mol. The molecule has 0 aromatic carbocycles. The van der Waals surface area contributed by atoms with E-state index in [1.54, 1.807) is 0 Å². The number of nitrogens with one attached hydrogen (secondary N) is 2. The summed E-state index contributed by atoms with van der Waals surface area (Å²) in [7, 11) is 0. The van der Waals surface area contributed by atoms with Gasteiger partial charge in [-0.3, -0.25) is 10.1 Å². The molecule has 23 heavy (non-hydrogen) atoms. The average molecular weight is 320 g/mol. The van der Waals surface area contributed by atoms with Crippen molar-refractivity contribution in [2.75, 3.05) is 5.32 Å². The van der Waals surface area contributed by atoms with Gasteiger partial charge in [0, 0.05) is 23.3 Å². The smallest absolute Gasteiger partial charge is 0.311 e. The number of hydrogen-bond acceptors (Lipinski definition) is 5. The highest BCUT2D eigenvalue weighted by molar-refractivity contribution is 5.93. The van der Waals surface area contributed by atoms with E-state index in [2.05, 4.69) is 48.3 Å². The molecular formula is C15H24N6O2. The molecule has 1 aromatic rings. The number of nitro groups is 1. The molecule has 2 rings (SSSR count). The van der Waals surface area contributed by atoms with Crippen LogP contribution in [0.25, 0.3) is 0 Å². The maximum atomic E-state index is 11.0. The van der Waals surface area contributed by atoms with Gasteiger partial charge >= 0.3 is 5.69 Å². The standard InChI is InChI=1S/C15H24N6O2/c1-14(2)8-10(9-15(3,4)20-14)18-13(16)19-12-11(21(22)23)6-5-7-17-12/h5-7,10,20H,8-9H2,1-4H3,(H3,16,17,18,19). The molecule has 8 nitrogen and oxygen atoms in total. The second-order valence-corrected chi connectivity index (χ2v) is 7.22. The van der Waals surface area contributed by atoms with Crippen molar-refractivity contribution in [3.63, 3.8) is 0 Å². The summed E-state index contributed by atoms with van der Waals surface area (Å²) in [6, 6.07) is 2.92. The highest BCUT2D eigenvalue weighted by Gasteiger charge is 2.37. The SMILES string of the molecule is CC1(C)CC(N=C(N)Nc2ncccc2[N+](=O)[O-])CC(C)(C)N1. The Morgan fingerprint density at radius 3 is 2.61 bits per heavy atom. The quantitative estimate of drug-likeness (QED) is 0.339. The van der Waals surface area contributed by atoms with Crippen LogP contribution in [0.2, 0.25) is 0 Å². The van der Waals surface area contributed by atoms with Crippen LogP contribution in [0.4, 0.5) is 11.5 Å². The van der Waals surface area contributed by atoms with Gasteiger partial charge in [0.25, 0.3) is 0 Å². The van der Waals surface area contributed by atoms with Crippen molar-refractivity contribution in [3.8, 4) is 0 Å². The molecule has 0 amide bonds. The van der Waals surface area contributed by atoms with E-state index in [0.717, 1.165) is 12.8 Å². The van der Waals surface area contributed by atoms with Crippen LogP contribution in [0.1, 0.15) is 40.5 Å². The highest BCUT2D eigenvalue weighted by atomic mass is 16.6. The Balaban J connectivity index is 2.16. The van der Waals surface area contributed by atoms with Gasteiger partial charge in [-0.05, 0) is 46.6 Å². The molecule has 1 aliphatic rings. The lowest BCUT2D eigenvalue weighted by atomic mass is 9.80. The second-order valence-electron chi connectivity index (χ2n) is 7.22. The minimum absolute atomic E-state index is 0.0384. The molecule has 0 atom stereocenters. The zero-order valence-corrected chi connectivity index (χ0v) is 14.0. The first-order valence-electron chi connectivity index (χ1n) is 7.57. The van der Waals surface area contributed by atoms with Gasteiger partial charge in [-0.15, -0.1) is 0 Å². The van der Waals surface area contributed by atoms with Crippen LogP contribution in [0.15, 0.2) is 23.3 Å². The van der Waals surface area contributed by atoms with Crippen LogP contribution in [0.3, 0.4) is 0 Å². The second kappa shape index (κ2) is 6.11. The molecule has 8 heteroatoms. The molecule has 0 saturated carbocycles. The van der Waals surface area contributed by atoms with Gasteiger partial charge in [-0.2, -0.15) is 0 Å². The van der Waals surface area contributed by atoms with Crippen LogP contribution in [0.5, 0.6) is 0 Å². The number of anilines is 1. The van der Waals surface area contributed by atoms with Crippen molar-refractivity contribution in [1.82, 2.24) is 10.3 Å². The van der Waals surface area contributed by atoms with Crippen LogP contribution >= 0.6 is 0 Å². The minimum Gasteiger partial charge on any atom is -0.370 e. The zero-order chi connectivity index (χ0) is 17.3. The lowest BCUT2D eigenvalue weighted by Gasteiger charge is -2.45. The van der Waals surface area contributed by atoms with Crippen molar-refractivity contribution in [2.45, 2.75) is 57.7 Å². The molecular weight excluding hydrogens is 296 g/mol. The lowest BCUT2D eigenvalue weighted by molar-refractivity contribution is -0.384. The minimum atomic E-state index is -0.501. The fourth-order valence-corrected chi connectivity index (χ4v) is 3.35. The zero-order valence-electron chi connectivity index (χ0n) is 14.0. The number of hydrogen-bond donors (Lipinski definition) is 3. The van der Waals surface area contributed by atoms with Gasteiger partial charge in [0.15, 0.2) is 5.96 Å². The van der Waals surface area contributed by atoms with Gasteiger partial charge < -0.3 is 16.4 Å². The number of aliphatic imine (C=N–C) groups is 1. The summed E-state index contributed by atoms with van der Waals surface area (Å²) in [6.45, 7) is 8.51. The van der Waals surface area contributed by atoms with E-state index in [0.29, 0.717) is 0 Å². The van der Waals surface area contributed by atoms with E-state index in [4.69, 9.17) is 5.73 Å².